The number of hydrogen-bond donors (Lipinski definition) is 2. The van der Waals surface area contributed by atoms with E-state index in [1.807, 2.05) is 44.3 Å². The SMILES string of the molecule is COc1ccccc1-c1c(CO)sc2cnc(Nc3ccc(C4CCN(C)CC4)cc3OC(C)C)nc12. The van der Waals surface area contributed by atoms with Crippen LogP contribution in [0, 0.1) is 0 Å². The minimum Gasteiger partial charge on any atom is -0.496 e. The Morgan fingerprint density at radius 2 is 1.92 bits per heavy atom. The van der Waals surface area contributed by atoms with Gasteiger partial charge in [0.05, 0.1) is 41.9 Å². The monoisotopic (exact) mass is 518 g/mol. The molecule has 0 atom stereocenters. The summed E-state index contributed by atoms with van der Waals surface area (Å²) >= 11 is 1.50. The number of benzene rings is 2. The van der Waals surface area contributed by atoms with E-state index >= 15 is 0 Å². The number of anilines is 2. The molecule has 0 aliphatic carbocycles. The third-order valence-corrected chi connectivity index (χ3v) is 7.93. The summed E-state index contributed by atoms with van der Waals surface area (Å²) in [5, 5.41) is 13.5. The first-order valence-electron chi connectivity index (χ1n) is 12.8. The smallest absolute Gasteiger partial charge is 0.227 e. The molecule has 1 saturated heterocycles. The molecule has 0 saturated carbocycles. The molecule has 0 spiro atoms. The second kappa shape index (κ2) is 11.0. The molecule has 1 aliphatic rings. The molecule has 3 heterocycles. The summed E-state index contributed by atoms with van der Waals surface area (Å²) in [6.45, 7) is 6.22. The van der Waals surface area contributed by atoms with Gasteiger partial charge in [-0.3, -0.25) is 0 Å². The number of likely N-dealkylation sites (tertiary alicyclic amines) is 1. The van der Waals surface area contributed by atoms with Crippen molar-refractivity contribution < 1.29 is 14.6 Å². The summed E-state index contributed by atoms with van der Waals surface area (Å²) in [5.74, 6) is 2.56. The molecule has 8 heteroatoms. The van der Waals surface area contributed by atoms with Crippen LogP contribution in [0.25, 0.3) is 21.3 Å². The van der Waals surface area contributed by atoms with Crippen molar-refractivity contribution in [1.29, 1.82) is 0 Å². The summed E-state index contributed by atoms with van der Waals surface area (Å²) in [6.07, 6.45) is 4.16. The molecule has 2 aromatic carbocycles. The summed E-state index contributed by atoms with van der Waals surface area (Å²) in [4.78, 5) is 12.7. The van der Waals surface area contributed by atoms with Gasteiger partial charge in [0.1, 0.15) is 11.5 Å². The Hall–Kier alpha value is -3.20. The van der Waals surface area contributed by atoms with Crippen LogP contribution in [0.4, 0.5) is 11.6 Å². The lowest BCUT2D eigenvalue weighted by Gasteiger charge is -2.29. The molecule has 194 valence electrons. The third kappa shape index (κ3) is 5.42. The first kappa shape index (κ1) is 25.4. The number of para-hydroxylation sites is 1. The fraction of sp³-hybridized carbons (Fsp3) is 0.379. The predicted octanol–water partition coefficient (Wildman–Crippen LogP) is 6.20. The van der Waals surface area contributed by atoms with Crippen molar-refractivity contribution in [3.63, 3.8) is 0 Å². The number of piperidine rings is 1. The van der Waals surface area contributed by atoms with E-state index in [0.29, 0.717) is 11.9 Å². The molecule has 0 bridgehead atoms. The van der Waals surface area contributed by atoms with E-state index in [-0.39, 0.29) is 12.7 Å². The molecule has 0 amide bonds. The predicted molar refractivity (Wildman–Crippen MR) is 150 cm³/mol. The minimum atomic E-state index is -0.0814. The zero-order chi connectivity index (χ0) is 25.9. The minimum absolute atomic E-state index is 0.0396. The number of hydrogen-bond acceptors (Lipinski definition) is 8. The zero-order valence-electron chi connectivity index (χ0n) is 21.8. The van der Waals surface area contributed by atoms with Gasteiger partial charge in [-0.25, -0.2) is 9.97 Å². The number of aliphatic hydroxyl groups is 1. The number of methoxy groups -OCH3 is 1. The Morgan fingerprint density at radius 3 is 2.65 bits per heavy atom. The lowest BCUT2D eigenvalue weighted by molar-refractivity contribution is 0.241. The lowest BCUT2D eigenvalue weighted by atomic mass is 9.89. The van der Waals surface area contributed by atoms with Gasteiger partial charge in [0.25, 0.3) is 0 Å². The molecule has 0 unspecified atom stereocenters. The molecule has 2 N–H and O–H groups in total. The Balaban J connectivity index is 1.51. The zero-order valence-corrected chi connectivity index (χ0v) is 22.6. The normalized spacial score (nSPS) is 14.9. The van der Waals surface area contributed by atoms with Crippen LogP contribution in [-0.4, -0.2) is 53.3 Å². The van der Waals surface area contributed by atoms with E-state index in [1.165, 1.54) is 16.9 Å². The highest BCUT2D eigenvalue weighted by atomic mass is 32.1. The van der Waals surface area contributed by atoms with Crippen molar-refractivity contribution in [3.8, 4) is 22.6 Å². The van der Waals surface area contributed by atoms with Gasteiger partial charge in [-0.05, 0) is 76.5 Å². The number of thiophene rings is 1. The van der Waals surface area contributed by atoms with Gasteiger partial charge in [-0.2, -0.15) is 0 Å². The maximum absolute atomic E-state index is 10.1. The number of aliphatic hydroxyl groups excluding tert-OH is 1. The van der Waals surface area contributed by atoms with Crippen molar-refractivity contribution in [1.82, 2.24) is 14.9 Å². The number of fused-ring (bicyclic) bond motifs is 1. The molecular weight excluding hydrogens is 484 g/mol. The number of ether oxygens (including phenoxy) is 2. The number of aromatic nitrogens is 2. The van der Waals surface area contributed by atoms with Gasteiger partial charge in [-0.1, -0.05) is 24.3 Å². The highest BCUT2D eigenvalue weighted by Crippen LogP contribution is 2.42. The maximum Gasteiger partial charge on any atom is 0.227 e. The molecule has 0 radical (unpaired) electrons. The molecule has 2 aromatic heterocycles. The lowest BCUT2D eigenvalue weighted by Crippen LogP contribution is -2.29. The summed E-state index contributed by atoms with van der Waals surface area (Å²) < 4.78 is 12.7. The average molecular weight is 519 g/mol. The topological polar surface area (TPSA) is 79.7 Å². The van der Waals surface area contributed by atoms with Crippen LogP contribution in [0.3, 0.4) is 0 Å². The molecular formula is C29H34N4O3S. The summed E-state index contributed by atoms with van der Waals surface area (Å²) in [7, 11) is 3.84. The Bertz CT molecular complexity index is 1380. The van der Waals surface area contributed by atoms with Crippen molar-refractivity contribution in [2.45, 2.75) is 45.3 Å². The largest absolute Gasteiger partial charge is 0.496 e. The van der Waals surface area contributed by atoms with E-state index in [1.54, 1.807) is 7.11 Å². The third-order valence-electron chi connectivity index (χ3n) is 6.83. The van der Waals surface area contributed by atoms with Crippen LogP contribution < -0.4 is 14.8 Å². The van der Waals surface area contributed by atoms with Crippen LogP contribution in [0.1, 0.15) is 43.0 Å². The molecule has 37 heavy (non-hydrogen) atoms. The van der Waals surface area contributed by atoms with E-state index in [4.69, 9.17) is 14.5 Å². The van der Waals surface area contributed by atoms with E-state index in [9.17, 15) is 5.11 Å². The number of rotatable bonds is 8. The van der Waals surface area contributed by atoms with Crippen molar-refractivity contribution in [2.75, 3.05) is 32.6 Å². The van der Waals surface area contributed by atoms with Crippen LogP contribution in [-0.2, 0) is 6.61 Å². The number of nitrogens with one attached hydrogen (secondary N) is 1. The average Bonchev–Trinajstić information content (AvgIpc) is 3.27. The fourth-order valence-electron chi connectivity index (χ4n) is 4.95. The summed E-state index contributed by atoms with van der Waals surface area (Å²) in [6, 6.07) is 14.2. The first-order chi connectivity index (χ1) is 18.0. The van der Waals surface area contributed by atoms with Gasteiger partial charge < -0.3 is 24.8 Å². The quantitative estimate of drug-likeness (QED) is 0.287. The molecule has 1 aliphatic heterocycles. The van der Waals surface area contributed by atoms with Gasteiger partial charge in [-0.15, -0.1) is 11.3 Å². The first-order valence-corrected chi connectivity index (χ1v) is 13.6. The molecule has 7 nitrogen and oxygen atoms in total. The van der Waals surface area contributed by atoms with Crippen molar-refractivity contribution >= 4 is 33.2 Å². The van der Waals surface area contributed by atoms with Crippen LogP contribution in [0.15, 0.2) is 48.7 Å². The Labute approximate surface area is 222 Å². The van der Waals surface area contributed by atoms with Gasteiger partial charge in [0, 0.05) is 16.0 Å². The second-order valence-corrected chi connectivity index (χ2v) is 10.9. The molecule has 5 rings (SSSR count). The van der Waals surface area contributed by atoms with E-state index in [2.05, 4.69) is 40.4 Å². The second-order valence-electron chi connectivity index (χ2n) is 9.79. The number of nitrogens with zero attached hydrogens (tertiary/aromatic N) is 3. The highest BCUT2D eigenvalue weighted by molar-refractivity contribution is 7.19. The van der Waals surface area contributed by atoms with Gasteiger partial charge in [0.2, 0.25) is 5.95 Å². The van der Waals surface area contributed by atoms with E-state index in [0.717, 1.165) is 69.3 Å². The molecule has 4 aromatic rings. The van der Waals surface area contributed by atoms with E-state index < -0.39 is 0 Å². The fourth-order valence-corrected chi connectivity index (χ4v) is 5.94. The molecule has 1 fully saturated rings. The maximum atomic E-state index is 10.1. The van der Waals surface area contributed by atoms with Crippen LogP contribution >= 0.6 is 11.3 Å². The summed E-state index contributed by atoms with van der Waals surface area (Å²) in [5.41, 5.74) is 4.71. The standard InChI is InChI=1S/C29H34N4O3S/c1-18(2)36-24-15-20(19-11-13-33(3)14-12-19)9-10-22(24)31-29-30-16-25-28(32-29)27(26(17-34)37-25)21-7-5-6-8-23(21)35-4/h5-10,15-16,18-19,34H,11-14,17H2,1-4H3,(H,30,31,32). The van der Waals surface area contributed by atoms with Crippen LogP contribution in [0.5, 0.6) is 11.5 Å². The van der Waals surface area contributed by atoms with Crippen LogP contribution in [0.2, 0.25) is 0 Å². The Morgan fingerprint density at radius 1 is 1.14 bits per heavy atom. The van der Waals surface area contributed by atoms with Gasteiger partial charge in [0.15, 0.2) is 0 Å². The van der Waals surface area contributed by atoms with Gasteiger partial charge >= 0.3 is 0 Å². The Kier molecular flexibility index (Phi) is 7.60. The highest BCUT2D eigenvalue weighted by Gasteiger charge is 2.22. The van der Waals surface area contributed by atoms with Crippen molar-refractivity contribution in [3.05, 3.63) is 59.1 Å². The van der Waals surface area contributed by atoms with Crippen molar-refractivity contribution in [2.24, 2.45) is 0 Å².